The van der Waals surface area contributed by atoms with E-state index < -0.39 is 0 Å². The highest BCUT2D eigenvalue weighted by atomic mass is 32.1. The first-order chi connectivity index (χ1) is 10.5. The minimum Gasteiger partial charge on any atom is -0.352 e. The average Bonchev–Trinajstić information content (AvgIpc) is 2.47. The summed E-state index contributed by atoms with van der Waals surface area (Å²) in [6, 6.07) is 9.04. The van der Waals surface area contributed by atoms with E-state index in [0.29, 0.717) is 5.92 Å². The third-order valence-corrected chi connectivity index (χ3v) is 4.84. The van der Waals surface area contributed by atoms with Gasteiger partial charge < -0.3 is 15.5 Å². The number of nitrogens with one attached hydrogen (secondary N) is 2. The third-order valence-electron chi connectivity index (χ3n) is 4.62. The molecule has 0 fully saturated rings. The molecule has 0 unspecified atom stereocenters. The molecule has 0 saturated heterocycles. The van der Waals surface area contributed by atoms with Gasteiger partial charge in [-0.15, -0.1) is 0 Å². The molecule has 1 aliphatic carbocycles. The molecule has 2 aliphatic rings. The number of benzene rings is 1. The van der Waals surface area contributed by atoms with Crippen molar-refractivity contribution < 1.29 is 0 Å². The summed E-state index contributed by atoms with van der Waals surface area (Å²) >= 11 is 5.47. The molecule has 118 valence electrons. The number of hydrogen-bond donors (Lipinski definition) is 2. The molecule has 1 aromatic rings. The van der Waals surface area contributed by atoms with Gasteiger partial charge in [-0.2, -0.15) is 0 Å². The molecule has 0 saturated carbocycles. The second-order valence-electron chi connectivity index (χ2n) is 6.73. The molecule has 3 nitrogen and oxygen atoms in total. The van der Waals surface area contributed by atoms with Crippen molar-refractivity contribution in [2.75, 3.05) is 20.6 Å². The van der Waals surface area contributed by atoms with Gasteiger partial charge in [-0.05, 0) is 63.6 Å². The summed E-state index contributed by atoms with van der Waals surface area (Å²) in [6.07, 6.45) is 3.66. The molecule has 2 N–H and O–H groups in total. The Labute approximate surface area is 138 Å². The summed E-state index contributed by atoms with van der Waals surface area (Å²) in [5.74, 6) is 0.562. The van der Waals surface area contributed by atoms with Crippen LogP contribution in [0.3, 0.4) is 0 Å². The van der Waals surface area contributed by atoms with Gasteiger partial charge in [0.1, 0.15) is 0 Å². The minimum absolute atomic E-state index is 0.231. The first-order valence-corrected chi connectivity index (χ1v) is 8.47. The van der Waals surface area contributed by atoms with Gasteiger partial charge in [0.05, 0.1) is 6.04 Å². The predicted molar refractivity (Wildman–Crippen MR) is 95.7 cm³/mol. The van der Waals surface area contributed by atoms with Crippen LogP contribution in [0.1, 0.15) is 36.4 Å². The Hall–Kier alpha value is -1.39. The lowest BCUT2D eigenvalue weighted by molar-refractivity contribution is 0.314. The summed E-state index contributed by atoms with van der Waals surface area (Å²) in [5, 5.41) is 7.69. The number of hydrogen-bond acceptors (Lipinski definition) is 2. The van der Waals surface area contributed by atoms with Gasteiger partial charge in [0.15, 0.2) is 5.11 Å². The number of thiocarbonyl (C=S) groups is 1. The molecular weight excluding hydrogens is 290 g/mol. The van der Waals surface area contributed by atoms with Gasteiger partial charge >= 0.3 is 0 Å². The van der Waals surface area contributed by atoms with Gasteiger partial charge in [-0.25, -0.2) is 0 Å². The van der Waals surface area contributed by atoms with Crippen molar-refractivity contribution in [3.8, 4) is 0 Å². The quantitative estimate of drug-likeness (QED) is 0.838. The molecule has 0 amide bonds. The Bertz CT molecular complexity index is 589. The van der Waals surface area contributed by atoms with Gasteiger partial charge in [0, 0.05) is 18.2 Å². The topological polar surface area (TPSA) is 27.3 Å². The van der Waals surface area contributed by atoms with E-state index in [4.69, 9.17) is 12.2 Å². The highest BCUT2D eigenvalue weighted by Crippen LogP contribution is 2.38. The van der Waals surface area contributed by atoms with Crippen LogP contribution < -0.4 is 10.6 Å². The molecule has 0 bridgehead atoms. The smallest absolute Gasteiger partial charge is 0.171 e. The van der Waals surface area contributed by atoms with Gasteiger partial charge in [-0.1, -0.05) is 29.8 Å². The molecule has 4 heteroatoms. The van der Waals surface area contributed by atoms with Gasteiger partial charge in [-0.3, -0.25) is 0 Å². The number of aryl methyl sites for hydroxylation is 1. The second kappa shape index (κ2) is 6.39. The Morgan fingerprint density at radius 3 is 2.64 bits per heavy atom. The molecule has 1 aromatic carbocycles. The van der Waals surface area contributed by atoms with Crippen LogP contribution in [0, 0.1) is 12.8 Å². The van der Waals surface area contributed by atoms with E-state index >= 15 is 0 Å². The van der Waals surface area contributed by atoms with Crippen LogP contribution in [0.25, 0.3) is 0 Å². The lowest BCUT2D eigenvalue weighted by Gasteiger charge is -2.39. The average molecular weight is 315 g/mol. The molecule has 0 spiro atoms. The van der Waals surface area contributed by atoms with Crippen molar-refractivity contribution in [1.29, 1.82) is 0 Å². The molecule has 0 aromatic heterocycles. The minimum atomic E-state index is 0.231. The normalized spacial score (nSPS) is 24.8. The van der Waals surface area contributed by atoms with Crippen LogP contribution >= 0.6 is 12.2 Å². The standard InChI is InChI=1S/C18H25N3S/c1-12-7-9-13(10-8-12)16-15-6-4-5-14(11-21(2)3)17(15)20-18(22)19-16/h7-10,14,16H,4-6,11H2,1-3H3,(H2,19,20,22)/t14-,16-/m1/s1. The van der Waals surface area contributed by atoms with Crippen LogP contribution in [-0.2, 0) is 0 Å². The Kier molecular flexibility index (Phi) is 4.50. The summed E-state index contributed by atoms with van der Waals surface area (Å²) < 4.78 is 0. The van der Waals surface area contributed by atoms with Crippen molar-refractivity contribution in [3.63, 3.8) is 0 Å². The van der Waals surface area contributed by atoms with E-state index in [9.17, 15) is 0 Å². The largest absolute Gasteiger partial charge is 0.352 e. The molecule has 22 heavy (non-hydrogen) atoms. The van der Waals surface area contributed by atoms with Crippen LogP contribution in [0.4, 0.5) is 0 Å². The molecular formula is C18H25N3S. The van der Waals surface area contributed by atoms with Gasteiger partial charge in [0.2, 0.25) is 0 Å². The zero-order chi connectivity index (χ0) is 15.7. The summed E-state index contributed by atoms with van der Waals surface area (Å²) in [6.45, 7) is 3.21. The van der Waals surface area contributed by atoms with E-state index in [2.05, 4.69) is 60.8 Å². The highest BCUT2D eigenvalue weighted by Gasteiger charge is 2.32. The number of rotatable bonds is 3. The molecule has 2 atom stereocenters. The first kappa shape index (κ1) is 15.5. The second-order valence-corrected chi connectivity index (χ2v) is 7.14. The van der Waals surface area contributed by atoms with E-state index in [0.717, 1.165) is 18.1 Å². The summed E-state index contributed by atoms with van der Waals surface area (Å²) in [5.41, 5.74) is 5.47. The van der Waals surface area contributed by atoms with Crippen LogP contribution in [0.2, 0.25) is 0 Å². The SMILES string of the molecule is Cc1ccc([C@H]2NC(=S)NC3=C2CCC[C@@H]3CN(C)C)cc1. The van der Waals surface area contributed by atoms with E-state index in [1.54, 1.807) is 0 Å². The highest BCUT2D eigenvalue weighted by molar-refractivity contribution is 7.80. The third kappa shape index (κ3) is 3.18. The monoisotopic (exact) mass is 315 g/mol. The van der Waals surface area contributed by atoms with Gasteiger partial charge in [0.25, 0.3) is 0 Å². The molecule has 3 rings (SSSR count). The summed E-state index contributed by atoms with van der Waals surface area (Å²) in [4.78, 5) is 2.27. The van der Waals surface area contributed by atoms with Crippen molar-refractivity contribution >= 4 is 17.3 Å². The van der Waals surface area contributed by atoms with E-state index in [-0.39, 0.29) is 6.04 Å². The zero-order valence-electron chi connectivity index (χ0n) is 13.6. The Balaban J connectivity index is 1.96. The lowest BCUT2D eigenvalue weighted by atomic mass is 9.80. The molecule has 1 aliphatic heterocycles. The lowest BCUT2D eigenvalue weighted by Crippen LogP contribution is -2.47. The fourth-order valence-corrected chi connectivity index (χ4v) is 3.83. The Morgan fingerprint density at radius 2 is 1.95 bits per heavy atom. The predicted octanol–water partition coefficient (Wildman–Crippen LogP) is 3.13. The zero-order valence-corrected chi connectivity index (χ0v) is 14.5. The van der Waals surface area contributed by atoms with E-state index in [1.165, 1.54) is 35.2 Å². The van der Waals surface area contributed by atoms with E-state index in [1.807, 2.05) is 0 Å². The maximum absolute atomic E-state index is 5.47. The fourth-order valence-electron chi connectivity index (χ4n) is 3.61. The van der Waals surface area contributed by atoms with Crippen molar-refractivity contribution in [2.24, 2.45) is 5.92 Å². The summed E-state index contributed by atoms with van der Waals surface area (Å²) in [7, 11) is 4.29. The molecule has 0 radical (unpaired) electrons. The molecule has 1 heterocycles. The maximum atomic E-state index is 5.47. The maximum Gasteiger partial charge on any atom is 0.171 e. The number of nitrogens with zero attached hydrogens (tertiary/aromatic N) is 1. The van der Waals surface area contributed by atoms with Crippen molar-refractivity contribution in [2.45, 2.75) is 32.2 Å². The van der Waals surface area contributed by atoms with Crippen molar-refractivity contribution in [3.05, 3.63) is 46.7 Å². The van der Waals surface area contributed by atoms with Crippen LogP contribution in [0.15, 0.2) is 35.5 Å². The first-order valence-electron chi connectivity index (χ1n) is 8.06. The Morgan fingerprint density at radius 1 is 1.23 bits per heavy atom. The fraction of sp³-hybridized carbons (Fsp3) is 0.500. The van der Waals surface area contributed by atoms with Crippen LogP contribution in [-0.4, -0.2) is 30.7 Å². The van der Waals surface area contributed by atoms with Crippen molar-refractivity contribution in [1.82, 2.24) is 15.5 Å². The van der Waals surface area contributed by atoms with Crippen LogP contribution in [0.5, 0.6) is 0 Å².